The molecule has 0 aliphatic heterocycles. The van der Waals surface area contributed by atoms with Crippen molar-refractivity contribution in [2.45, 2.75) is 18.2 Å². The molecule has 0 bridgehead atoms. The second-order valence-corrected chi connectivity index (χ2v) is 6.43. The second kappa shape index (κ2) is 5.83. The van der Waals surface area contributed by atoms with Gasteiger partial charge in [-0.25, -0.2) is 4.98 Å². The minimum Gasteiger partial charge on any atom is -0.449 e. The van der Waals surface area contributed by atoms with Gasteiger partial charge in [0.15, 0.2) is 0 Å². The number of H-pyrrole nitrogens is 1. The van der Waals surface area contributed by atoms with Gasteiger partial charge in [0.1, 0.15) is 16.9 Å². The molecule has 1 N–H and O–H groups in total. The minimum absolute atomic E-state index is 0.250. The quantitative estimate of drug-likeness (QED) is 0.555. The largest absolute Gasteiger partial charge is 0.449 e. The van der Waals surface area contributed by atoms with E-state index in [1.807, 2.05) is 42.7 Å². The first kappa shape index (κ1) is 15.0. The number of aromatic amines is 1. The number of rotatable bonds is 3. The number of nitrogens with one attached hydrogen (secondary N) is 1. The number of aromatic nitrogens is 2. The fraction of sp³-hybridized carbons (Fsp3) is 0.158. The Balaban J connectivity index is 2.05. The van der Waals surface area contributed by atoms with E-state index >= 15 is 0 Å². The minimum atomic E-state index is -0.250. The highest BCUT2D eigenvalue weighted by Crippen LogP contribution is 2.30. The Hall–Kier alpha value is -2.53. The lowest BCUT2D eigenvalue weighted by atomic mass is 10.1. The van der Waals surface area contributed by atoms with E-state index in [0.29, 0.717) is 16.9 Å². The lowest BCUT2D eigenvalue weighted by molar-refractivity contribution is 0.661. The summed E-state index contributed by atoms with van der Waals surface area (Å²) in [5.41, 5.74) is 3.46. The van der Waals surface area contributed by atoms with Crippen LogP contribution in [-0.2, 0) is 6.42 Å². The first-order chi connectivity index (χ1) is 11.7. The molecule has 120 valence electrons. The summed E-state index contributed by atoms with van der Waals surface area (Å²) in [5, 5.41) is 0.887. The zero-order valence-electron chi connectivity index (χ0n) is 13.4. The van der Waals surface area contributed by atoms with Crippen molar-refractivity contribution in [2.75, 3.05) is 6.26 Å². The van der Waals surface area contributed by atoms with Crippen molar-refractivity contribution in [1.82, 2.24) is 9.97 Å². The van der Waals surface area contributed by atoms with Crippen molar-refractivity contribution in [2.24, 2.45) is 0 Å². The summed E-state index contributed by atoms with van der Waals surface area (Å²) in [6, 6.07) is 13.9. The highest BCUT2D eigenvalue weighted by atomic mass is 32.2. The van der Waals surface area contributed by atoms with E-state index in [1.165, 1.54) is 5.56 Å². The molecular weight excluding hydrogens is 320 g/mol. The Labute approximate surface area is 142 Å². The molecule has 2 aromatic heterocycles. The van der Waals surface area contributed by atoms with Crippen molar-refractivity contribution < 1.29 is 4.42 Å². The zero-order valence-corrected chi connectivity index (χ0v) is 14.2. The molecule has 2 heterocycles. The predicted molar refractivity (Wildman–Crippen MR) is 98.7 cm³/mol. The number of hydrogen-bond acceptors (Lipinski definition) is 4. The average Bonchev–Trinajstić information content (AvgIpc) is 3.00. The van der Waals surface area contributed by atoms with Crippen LogP contribution in [0.3, 0.4) is 0 Å². The van der Waals surface area contributed by atoms with Gasteiger partial charge in [-0.15, -0.1) is 11.8 Å². The average molecular weight is 336 g/mol. The van der Waals surface area contributed by atoms with Gasteiger partial charge < -0.3 is 9.40 Å². The molecule has 0 amide bonds. The maximum absolute atomic E-state index is 12.5. The van der Waals surface area contributed by atoms with Crippen LogP contribution in [0.2, 0.25) is 0 Å². The van der Waals surface area contributed by atoms with Gasteiger partial charge in [0.2, 0.25) is 5.58 Å². The summed E-state index contributed by atoms with van der Waals surface area (Å²) in [6.07, 6.45) is 2.93. The van der Waals surface area contributed by atoms with Gasteiger partial charge in [0.25, 0.3) is 5.56 Å². The fourth-order valence-electron chi connectivity index (χ4n) is 2.89. The fourth-order valence-corrected chi connectivity index (χ4v) is 3.49. The molecule has 2 aromatic carbocycles. The van der Waals surface area contributed by atoms with Crippen LogP contribution in [0.15, 0.2) is 56.6 Å². The van der Waals surface area contributed by atoms with Gasteiger partial charge in [-0.2, -0.15) is 0 Å². The maximum atomic E-state index is 12.5. The summed E-state index contributed by atoms with van der Waals surface area (Å²) < 4.78 is 5.72. The first-order valence-electron chi connectivity index (χ1n) is 7.80. The molecule has 0 unspecified atom stereocenters. The van der Waals surface area contributed by atoms with Gasteiger partial charge in [-0.1, -0.05) is 31.2 Å². The molecule has 4 nitrogen and oxygen atoms in total. The Morgan fingerprint density at radius 3 is 2.83 bits per heavy atom. The molecule has 0 spiro atoms. The molecule has 0 saturated carbocycles. The van der Waals surface area contributed by atoms with Gasteiger partial charge in [0.05, 0.1) is 0 Å². The smallest absolute Gasteiger partial charge is 0.294 e. The molecule has 4 aromatic rings. The Morgan fingerprint density at radius 2 is 2.04 bits per heavy atom. The van der Waals surface area contributed by atoms with E-state index in [-0.39, 0.29) is 11.1 Å². The van der Waals surface area contributed by atoms with E-state index in [1.54, 1.807) is 11.8 Å². The summed E-state index contributed by atoms with van der Waals surface area (Å²) in [7, 11) is 0. The summed E-state index contributed by atoms with van der Waals surface area (Å²) >= 11 is 1.63. The maximum Gasteiger partial charge on any atom is 0.294 e. The zero-order chi connectivity index (χ0) is 16.7. The monoisotopic (exact) mass is 336 g/mol. The lowest BCUT2D eigenvalue weighted by Gasteiger charge is -2.06. The van der Waals surface area contributed by atoms with Gasteiger partial charge in [-0.05, 0) is 36.4 Å². The molecule has 0 fully saturated rings. The number of benzene rings is 2. The molecule has 4 rings (SSSR count). The van der Waals surface area contributed by atoms with Gasteiger partial charge >= 0.3 is 0 Å². The third kappa shape index (κ3) is 2.32. The van der Waals surface area contributed by atoms with Crippen molar-refractivity contribution >= 4 is 33.8 Å². The lowest BCUT2D eigenvalue weighted by Crippen LogP contribution is -2.08. The third-order valence-electron chi connectivity index (χ3n) is 4.16. The van der Waals surface area contributed by atoms with Crippen LogP contribution in [0.25, 0.3) is 33.5 Å². The normalized spacial score (nSPS) is 11.4. The Kier molecular flexibility index (Phi) is 3.65. The Bertz CT molecular complexity index is 1110. The van der Waals surface area contributed by atoms with Crippen molar-refractivity contribution in [1.29, 1.82) is 0 Å². The molecular formula is C19H16N2O2S. The number of thioether (sulfide) groups is 1. The van der Waals surface area contributed by atoms with Crippen LogP contribution >= 0.6 is 11.8 Å². The first-order valence-corrected chi connectivity index (χ1v) is 9.02. The van der Waals surface area contributed by atoms with Crippen molar-refractivity contribution in [3.8, 4) is 11.4 Å². The molecule has 0 atom stereocenters. The van der Waals surface area contributed by atoms with E-state index in [2.05, 4.69) is 18.0 Å². The molecule has 5 heteroatoms. The molecule has 0 aliphatic carbocycles. The molecule has 0 aliphatic rings. The van der Waals surface area contributed by atoms with Crippen LogP contribution in [0.4, 0.5) is 0 Å². The van der Waals surface area contributed by atoms with Crippen LogP contribution in [0, 0.1) is 0 Å². The Morgan fingerprint density at radius 1 is 1.21 bits per heavy atom. The van der Waals surface area contributed by atoms with Crippen LogP contribution < -0.4 is 5.56 Å². The van der Waals surface area contributed by atoms with Crippen LogP contribution in [0.5, 0.6) is 0 Å². The highest BCUT2D eigenvalue weighted by Gasteiger charge is 2.15. The second-order valence-electron chi connectivity index (χ2n) is 5.58. The van der Waals surface area contributed by atoms with E-state index in [0.717, 1.165) is 22.3 Å². The number of furan rings is 1. The van der Waals surface area contributed by atoms with Crippen molar-refractivity contribution in [3.63, 3.8) is 0 Å². The van der Waals surface area contributed by atoms with E-state index in [4.69, 9.17) is 9.40 Å². The molecule has 0 radical (unpaired) electrons. The SMILES string of the molecule is CCc1ccc2oc3c(=O)[nH]c(-c4ccccc4SC)nc3c2c1. The van der Waals surface area contributed by atoms with E-state index in [9.17, 15) is 4.79 Å². The van der Waals surface area contributed by atoms with Crippen LogP contribution in [0.1, 0.15) is 12.5 Å². The summed E-state index contributed by atoms with van der Waals surface area (Å²) in [6.45, 7) is 2.10. The summed E-state index contributed by atoms with van der Waals surface area (Å²) in [4.78, 5) is 21.1. The number of nitrogens with zero attached hydrogens (tertiary/aromatic N) is 1. The summed E-state index contributed by atoms with van der Waals surface area (Å²) in [5.74, 6) is 0.571. The van der Waals surface area contributed by atoms with E-state index < -0.39 is 0 Å². The molecule has 0 saturated heterocycles. The topological polar surface area (TPSA) is 58.9 Å². The van der Waals surface area contributed by atoms with Crippen LogP contribution in [-0.4, -0.2) is 16.2 Å². The van der Waals surface area contributed by atoms with Gasteiger partial charge in [0, 0.05) is 15.8 Å². The van der Waals surface area contributed by atoms with Gasteiger partial charge in [-0.3, -0.25) is 4.79 Å². The number of aryl methyl sites for hydroxylation is 1. The predicted octanol–water partition coefficient (Wildman–Crippen LogP) is 4.62. The van der Waals surface area contributed by atoms with Crippen molar-refractivity contribution in [3.05, 3.63) is 58.4 Å². The highest BCUT2D eigenvalue weighted by molar-refractivity contribution is 7.98. The molecule has 24 heavy (non-hydrogen) atoms. The third-order valence-corrected chi connectivity index (χ3v) is 4.95. The standard InChI is InChI=1S/C19H16N2O2S/c1-3-11-8-9-14-13(10-11)16-17(23-14)19(22)21-18(20-16)12-6-4-5-7-15(12)24-2/h4-10H,3H2,1-2H3,(H,20,21,22). The number of hydrogen-bond donors (Lipinski definition) is 1. The number of fused-ring (bicyclic) bond motifs is 3.